The van der Waals surface area contributed by atoms with Crippen molar-refractivity contribution >= 4 is 11.6 Å². The quantitative estimate of drug-likeness (QED) is 0.695. The number of nitrogens with zero attached hydrogens (tertiary/aromatic N) is 1. The summed E-state index contributed by atoms with van der Waals surface area (Å²) in [5.74, 6) is 0. The van der Waals surface area contributed by atoms with Crippen LogP contribution in [0.1, 0.15) is 5.56 Å². The highest BCUT2D eigenvalue weighted by molar-refractivity contribution is 6.31. The Balaban J connectivity index is 2.13. The molecular weight excluding hydrogens is 248 g/mol. The molecule has 1 aromatic rings. The highest BCUT2D eigenvalue weighted by Crippen LogP contribution is 2.15. The molecule has 1 N–H and O–H groups in total. The fraction of sp³-hybridized carbons (Fsp3) is 0.571. The summed E-state index contributed by atoms with van der Waals surface area (Å²) in [5, 5.41) is 4.20. The van der Waals surface area contributed by atoms with E-state index in [0.29, 0.717) is 0 Å². The van der Waals surface area contributed by atoms with Gasteiger partial charge in [-0.05, 0) is 25.1 Å². The van der Waals surface area contributed by atoms with Crippen LogP contribution in [0.25, 0.3) is 0 Å². The van der Waals surface area contributed by atoms with Crippen LogP contribution < -0.4 is 5.32 Å². The van der Waals surface area contributed by atoms with Crippen LogP contribution in [0, 0.1) is 0 Å². The van der Waals surface area contributed by atoms with E-state index in [-0.39, 0.29) is 0 Å². The molecule has 102 valence electrons. The number of hydrogen-bond donors (Lipinski definition) is 1. The van der Waals surface area contributed by atoms with Gasteiger partial charge in [-0.15, -0.1) is 0 Å². The Kier molecular flexibility index (Phi) is 8.01. The van der Waals surface area contributed by atoms with E-state index >= 15 is 0 Å². The van der Waals surface area contributed by atoms with E-state index in [2.05, 4.69) is 23.3 Å². The van der Waals surface area contributed by atoms with Crippen LogP contribution in [-0.2, 0) is 11.2 Å². The van der Waals surface area contributed by atoms with E-state index in [0.717, 1.165) is 44.2 Å². The first kappa shape index (κ1) is 15.4. The van der Waals surface area contributed by atoms with Crippen molar-refractivity contribution in [2.24, 2.45) is 0 Å². The molecule has 0 unspecified atom stereocenters. The molecule has 0 spiro atoms. The van der Waals surface area contributed by atoms with Gasteiger partial charge in [0, 0.05) is 38.3 Å². The standard InChI is InChI=1S/C14H23ClN2O/c1-17(11-8-16-9-12-18-2)10-7-13-5-3-4-6-14(13)15/h3-6,16H,7-12H2,1-2H3. The summed E-state index contributed by atoms with van der Waals surface area (Å²) < 4.78 is 4.98. The van der Waals surface area contributed by atoms with Gasteiger partial charge < -0.3 is 15.0 Å². The summed E-state index contributed by atoms with van der Waals surface area (Å²) in [6, 6.07) is 8.04. The molecule has 0 atom stereocenters. The molecule has 0 aliphatic heterocycles. The molecule has 0 saturated carbocycles. The molecule has 0 aromatic heterocycles. The van der Waals surface area contributed by atoms with E-state index in [1.165, 1.54) is 5.56 Å². The van der Waals surface area contributed by atoms with E-state index in [1.807, 2.05) is 18.2 Å². The van der Waals surface area contributed by atoms with Crippen LogP contribution in [0.5, 0.6) is 0 Å². The SMILES string of the molecule is COCCNCCN(C)CCc1ccccc1Cl. The lowest BCUT2D eigenvalue weighted by atomic mass is 10.1. The van der Waals surface area contributed by atoms with Crippen molar-refractivity contribution in [2.45, 2.75) is 6.42 Å². The Bertz CT molecular complexity index is 333. The highest BCUT2D eigenvalue weighted by Gasteiger charge is 2.02. The van der Waals surface area contributed by atoms with Gasteiger partial charge >= 0.3 is 0 Å². The van der Waals surface area contributed by atoms with Gasteiger partial charge in [-0.1, -0.05) is 29.8 Å². The molecule has 3 nitrogen and oxygen atoms in total. The van der Waals surface area contributed by atoms with Crippen molar-refractivity contribution < 1.29 is 4.74 Å². The molecule has 1 aromatic carbocycles. The second-order valence-corrected chi connectivity index (χ2v) is 4.79. The Morgan fingerprint density at radius 2 is 2.00 bits per heavy atom. The maximum absolute atomic E-state index is 6.12. The Morgan fingerprint density at radius 1 is 1.22 bits per heavy atom. The average molecular weight is 271 g/mol. The first-order valence-electron chi connectivity index (χ1n) is 6.35. The van der Waals surface area contributed by atoms with Crippen LogP contribution >= 0.6 is 11.6 Å². The lowest BCUT2D eigenvalue weighted by molar-refractivity contribution is 0.198. The zero-order chi connectivity index (χ0) is 13.2. The normalized spacial score (nSPS) is 11.1. The summed E-state index contributed by atoms with van der Waals surface area (Å²) in [6.45, 7) is 4.73. The molecule has 0 aliphatic rings. The van der Waals surface area contributed by atoms with Crippen molar-refractivity contribution in [3.05, 3.63) is 34.9 Å². The van der Waals surface area contributed by atoms with Crippen LogP contribution in [-0.4, -0.2) is 51.8 Å². The van der Waals surface area contributed by atoms with Crippen molar-refractivity contribution in [2.75, 3.05) is 46.9 Å². The molecule has 18 heavy (non-hydrogen) atoms. The van der Waals surface area contributed by atoms with Gasteiger partial charge in [-0.25, -0.2) is 0 Å². The third kappa shape index (κ3) is 6.36. The number of methoxy groups -OCH3 is 1. The molecule has 0 bridgehead atoms. The molecule has 0 radical (unpaired) electrons. The Labute approximate surface area is 115 Å². The Hall–Kier alpha value is -0.610. The van der Waals surface area contributed by atoms with Gasteiger partial charge in [0.05, 0.1) is 6.61 Å². The molecule has 0 fully saturated rings. The minimum absolute atomic E-state index is 0.767. The maximum Gasteiger partial charge on any atom is 0.0587 e. The maximum atomic E-state index is 6.12. The van der Waals surface area contributed by atoms with Crippen LogP contribution in [0.4, 0.5) is 0 Å². The number of benzene rings is 1. The molecule has 4 heteroatoms. The zero-order valence-electron chi connectivity index (χ0n) is 11.3. The van der Waals surface area contributed by atoms with Gasteiger partial charge in [0.2, 0.25) is 0 Å². The van der Waals surface area contributed by atoms with Gasteiger partial charge in [-0.3, -0.25) is 0 Å². The van der Waals surface area contributed by atoms with Crippen molar-refractivity contribution in [3.8, 4) is 0 Å². The monoisotopic (exact) mass is 270 g/mol. The third-order valence-electron chi connectivity index (χ3n) is 2.87. The predicted molar refractivity (Wildman–Crippen MR) is 77.4 cm³/mol. The number of rotatable bonds is 9. The van der Waals surface area contributed by atoms with Crippen molar-refractivity contribution in [3.63, 3.8) is 0 Å². The molecule has 0 heterocycles. The van der Waals surface area contributed by atoms with Crippen LogP contribution in [0.15, 0.2) is 24.3 Å². The fourth-order valence-electron chi connectivity index (χ4n) is 1.69. The topological polar surface area (TPSA) is 24.5 Å². The minimum Gasteiger partial charge on any atom is -0.383 e. The lowest BCUT2D eigenvalue weighted by Gasteiger charge is -2.17. The molecule has 0 saturated heterocycles. The number of hydrogen-bond acceptors (Lipinski definition) is 3. The highest BCUT2D eigenvalue weighted by atomic mass is 35.5. The van der Waals surface area contributed by atoms with Gasteiger partial charge in [0.15, 0.2) is 0 Å². The van der Waals surface area contributed by atoms with Gasteiger partial charge in [-0.2, -0.15) is 0 Å². The van der Waals surface area contributed by atoms with E-state index in [9.17, 15) is 0 Å². The van der Waals surface area contributed by atoms with Crippen LogP contribution in [0.3, 0.4) is 0 Å². The predicted octanol–water partition coefficient (Wildman–Crippen LogP) is 2.05. The second-order valence-electron chi connectivity index (χ2n) is 4.39. The van der Waals surface area contributed by atoms with Gasteiger partial charge in [0.25, 0.3) is 0 Å². The first-order valence-corrected chi connectivity index (χ1v) is 6.73. The van der Waals surface area contributed by atoms with Gasteiger partial charge in [0.1, 0.15) is 0 Å². The summed E-state index contributed by atoms with van der Waals surface area (Å²) >= 11 is 6.12. The largest absolute Gasteiger partial charge is 0.383 e. The smallest absolute Gasteiger partial charge is 0.0587 e. The number of ether oxygens (including phenoxy) is 1. The Morgan fingerprint density at radius 3 is 2.72 bits per heavy atom. The number of halogens is 1. The summed E-state index contributed by atoms with van der Waals surface area (Å²) in [6.07, 6.45) is 0.994. The van der Waals surface area contributed by atoms with E-state index < -0.39 is 0 Å². The first-order chi connectivity index (χ1) is 8.74. The number of likely N-dealkylation sites (N-methyl/N-ethyl adjacent to an activating group) is 1. The third-order valence-corrected chi connectivity index (χ3v) is 3.24. The van der Waals surface area contributed by atoms with Crippen LogP contribution in [0.2, 0.25) is 5.02 Å². The minimum atomic E-state index is 0.767. The molecule has 0 amide bonds. The van der Waals surface area contributed by atoms with E-state index in [1.54, 1.807) is 7.11 Å². The van der Waals surface area contributed by atoms with Crippen molar-refractivity contribution in [1.82, 2.24) is 10.2 Å². The summed E-state index contributed by atoms with van der Waals surface area (Å²) in [4.78, 5) is 2.31. The average Bonchev–Trinajstić information content (AvgIpc) is 2.37. The number of nitrogens with one attached hydrogen (secondary N) is 1. The molecule has 1 rings (SSSR count). The summed E-state index contributed by atoms with van der Waals surface area (Å²) in [7, 11) is 3.85. The second kappa shape index (κ2) is 9.34. The lowest BCUT2D eigenvalue weighted by Crippen LogP contribution is -2.32. The summed E-state index contributed by atoms with van der Waals surface area (Å²) in [5.41, 5.74) is 1.22. The van der Waals surface area contributed by atoms with Crippen molar-refractivity contribution in [1.29, 1.82) is 0 Å². The fourth-order valence-corrected chi connectivity index (χ4v) is 1.92. The molecule has 0 aliphatic carbocycles. The zero-order valence-corrected chi connectivity index (χ0v) is 12.0. The van der Waals surface area contributed by atoms with E-state index in [4.69, 9.17) is 16.3 Å². The molecular formula is C14H23ClN2O.